The van der Waals surface area contributed by atoms with Gasteiger partial charge in [-0.25, -0.2) is 15.6 Å². The molecule has 2 fully saturated rings. The number of ether oxygens (including phenoxy) is 3. The van der Waals surface area contributed by atoms with Crippen LogP contribution in [0.4, 0.5) is 4.79 Å². The summed E-state index contributed by atoms with van der Waals surface area (Å²) in [5.74, 6) is -6.75. The average molecular weight is 1780 g/mol. The van der Waals surface area contributed by atoms with E-state index in [0.29, 0.717) is 55.7 Å². The van der Waals surface area contributed by atoms with Gasteiger partial charge in [0, 0.05) is 23.9 Å². The van der Waals surface area contributed by atoms with E-state index in [1.54, 1.807) is 86.6 Å². The van der Waals surface area contributed by atoms with E-state index in [4.69, 9.17) is 92.7 Å². The van der Waals surface area contributed by atoms with Crippen LogP contribution in [-0.2, 0) is 61.4 Å². The number of nitrogens with one attached hydrogen (secondary N) is 6. The van der Waals surface area contributed by atoms with Crippen LogP contribution in [0, 0.1) is 23.7 Å². The third kappa shape index (κ3) is 33.0. The van der Waals surface area contributed by atoms with Crippen LogP contribution in [0.1, 0.15) is 192 Å². The normalized spacial score (nSPS) is 18.0. The Morgan fingerprint density at radius 1 is 0.526 bits per heavy atom. The number of carbonyl (C=O) groups is 9. The van der Waals surface area contributed by atoms with Crippen molar-refractivity contribution in [3.63, 3.8) is 0 Å². The molecule has 27 nitrogen and oxygen atoms in total. The van der Waals surface area contributed by atoms with Crippen molar-refractivity contribution in [3.05, 3.63) is 95.3 Å². The van der Waals surface area contributed by atoms with E-state index in [2.05, 4.69) is 110 Å². The van der Waals surface area contributed by atoms with E-state index >= 15 is 0 Å². The second-order valence-corrected chi connectivity index (χ2v) is 48.7. The van der Waals surface area contributed by atoms with Gasteiger partial charge in [0.2, 0.25) is 25.3 Å². The lowest BCUT2D eigenvalue weighted by Gasteiger charge is -2.40. The summed E-state index contributed by atoms with van der Waals surface area (Å²) in [5, 5.41) is 44.7. The number of halogens is 6. The number of rotatable bonds is 28. The summed E-state index contributed by atoms with van der Waals surface area (Å²) < 4.78 is 24.7. The largest absolute Gasteiger partial charge is 0.481 e. The van der Waals surface area contributed by atoms with Gasteiger partial charge in [0.25, 0.3) is 11.8 Å². The molecule has 0 aliphatic carbocycles. The van der Waals surface area contributed by atoms with Crippen molar-refractivity contribution in [1.29, 1.82) is 0 Å². The zero-order chi connectivity index (χ0) is 88.3. The third-order valence-electron chi connectivity index (χ3n) is 20.1. The van der Waals surface area contributed by atoms with Gasteiger partial charge in [-0.3, -0.25) is 58.3 Å². The smallest absolute Gasteiger partial charge is 0.408 e. The Labute approximate surface area is 715 Å². The topological polar surface area (TPSA) is 365 Å². The first kappa shape index (κ1) is 102. The molecule has 2 aromatic carbocycles. The highest BCUT2D eigenvalue weighted by Crippen LogP contribution is 2.40. The fraction of sp³-hybridized carbons (Fsp3) is 0.617. The first-order chi connectivity index (χ1) is 53.2. The van der Waals surface area contributed by atoms with E-state index in [1.807, 2.05) is 74.5 Å². The summed E-state index contributed by atoms with van der Waals surface area (Å²) >= 11 is 33.9. The number of alkyl carbamates (subject to hydrolysis) is 1. The number of aliphatic carboxylic acids is 1. The maximum absolute atomic E-state index is 14.2. The minimum atomic E-state index is -2.32. The Morgan fingerprint density at radius 3 is 1.22 bits per heavy atom. The Hall–Kier alpha value is -6.30. The maximum atomic E-state index is 14.2. The first-order valence-electron chi connectivity index (χ1n) is 38.9. The fourth-order valence-corrected chi connectivity index (χ4v) is 14.6. The van der Waals surface area contributed by atoms with Gasteiger partial charge in [-0.1, -0.05) is 200 Å². The van der Waals surface area contributed by atoms with Crippen molar-refractivity contribution in [3.8, 4) is 0 Å². The molecular formula is C81H122Cl6N10O17Si2. The summed E-state index contributed by atoms with van der Waals surface area (Å²) in [6, 6.07) is 13.5. The average Bonchev–Trinajstić information content (AvgIpc) is 0.828. The molecule has 0 spiro atoms. The van der Waals surface area contributed by atoms with E-state index < -0.39 is 169 Å². The van der Waals surface area contributed by atoms with Crippen LogP contribution in [0.3, 0.4) is 0 Å². The van der Waals surface area contributed by atoms with Crippen molar-refractivity contribution in [2.24, 2.45) is 23.7 Å². The number of esters is 2. The van der Waals surface area contributed by atoms with Crippen LogP contribution in [-0.4, -0.2) is 193 Å². The number of amides is 6. The third-order valence-corrected chi connectivity index (χ3v) is 29.9. The highest BCUT2D eigenvalue weighted by atomic mass is 35.6. The predicted molar refractivity (Wildman–Crippen MR) is 461 cm³/mol. The quantitative estimate of drug-likeness (QED) is 0.0110. The number of nitrogens with zero attached hydrogens (tertiary/aromatic N) is 4. The maximum Gasteiger partial charge on any atom is 0.408 e. The van der Waals surface area contributed by atoms with Crippen LogP contribution in [0.5, 0.6) is 0 Å². The SMILES string of the molecule is CC(C)[C@H](NC(=O)C(/C=C/c1ccc2ccc([C@@H](C)O)nc2c1)[C@H](C)O[Si](C)(C)C(C)(C)C)C(=O)N[C@@H](C)C(=O)N1CCC[C@@H](C(=O)OCC(Cl)(Cl)Cl)N1.CC(C)[C@H](NC(=O)OC(C)(C)C)C(=O)N[C@@H](C)C(=O)N1CCC[C@@H](C(=O)OCC(Cl)(Cl)Cl)N1.C[C@H](O[Si](C)(C)C(C)(C)C)[C@@H](/C=C/c1ccc2ccc([C@@H](C)O)nc2c1)C(=O)O. The molecule has 2 aliphatic rings. The summed E-state index contributed by atoms with van der Waals surface area (Å²) in [4.78, 5) is 125. The lowest BCUT2D eigenvalue weighted by molar-refractivity contribution is -0.154. The molecule has 2 aliphatic heterocycles. The minimum absolute atomic E-state index is 0.0135. The van der Waals surface area contributed by atoms with E-state index in [-0.39, 0.29) is 21.9 Å². The van der Waals surface area contributed by atoms with Gasteiger partial charge >= 0.3 is 24.0 Å². The molecule has 116 heavy (non-hydrogen) atoms. The van der Waals surface area contributed by atoms with Gasteiger partial charge in [-0.15, -0.1) is 0 Å². The van der Waals surface area contributed by atoms with Gasteiger partial charge in [-0.05, 0) is 171 Å². The molecule has 1 unspecified atom stereocenters. The highest BCUT2D eigenvalue weighted by Gasteiger charge is 2.44. The standard InChI is InChI=1S/C38H56Cl3N5O7Si.C23H33NO4Si.C20H33Cl3N4O6/c1-22(2)32(34(49)42-23(3)35(50)46-19-11-12-30(45-46)36(51)52-21-38(39,40)41)44-33(48)28(25(5)53-54(9,10)37(6,7)8)17-14-26-13-15-27-16-18-29(24(4)47)43-31(27)20-26;1-15(25)20-13-11-18-10-8-17(14-21(18)24-20)9-12-19(22(26)27)16(2)28-29(6,7)23(3,4)5;1-11(2)14(25-18(31)33-19(4,5)6)15(28)24-12(3)16(29)27-9-7-8-13(26-27)17(30)32-10-20(21,22)23/h13-18,20,22-25,28,30,32,45,47H,11-12,19,21H2,1-10H3,(H,42,49)(H,44,48);8-16,19,25H,1-7H3,(H,26,27);11-14,26H,7-10H2,1-6H3,(H,24,28)(H,25,31)/b17-14+;12-9+;/t23-,24+,25-,28?,30-,32-;15-,16+,19-;12-,13-,14-/m010/s1. The second-order valence-electron chi connectivity index (χ2n) is 34.1. The number of fused-ring (bicyclic) bond motifs is 2. The highest BCUT2D eigenvalue weighted by molar-refractivity contribution is 6.74. The number of carbonyl (C=O) groups excluding carboxylic acids is 8. The first-order valence-corrected chi connectivity index (χ1v) is 46.9. The number of hydrogen-bond acceptors (Lipinski definition) is 20. The van der Waals surface area contributed by atoms with E-state index in [9.17, 15) is 58.5 Å². The van der Waals surface area contributed by atoms with Gasteiger partial charge < -0.3 is 59.6 Å². The molecular weight excluding hydrogens is 1650 g/mol. The molecule has 9 N–H and O–H groups in total. The molecule has 0 radical (unpaired) electrons. The summed E-state index contributed by atoms with van der Waals surface area (Å²) in [6.45, 7) is 43.4. The van der Waals surface area contributed by atoms with Gasteiger partial charge in [0.15, 0.2) is 16.6 Å². The molecule has 0 saturated carbocycles. The monoisotopic (exact) mass is 1770 g/mol. The molecule has 0 bridgehead atoms. The molecule has 2 saturated heterocycles. The van der Waals surface area contributed by atoms with Gasteiger partial charge in [0.1, 0.15) is 55.1 Å². The van der Waals surface area contributed by atoms with Crippen molar-refractivity contribution >= 4 is 174 Å². The number of aliphatic hydroxyl groups is 2. The fourth-order valence-electron chi connectivity index (χ4n) is 11.4. The van der Waals surface area contributed by atoms with Crippen LogP contribution < -0.4 is 32.1 Å². The number of benzene rings is 2. The van der Waals surface area contributed by atoms with Crippen LogP contribution in [0.15, 0.2) is 72.8 Å². The van der Waals surface area contributed by atoms with E-state index in [0.717, 1.165) is 27.4 Å². The Balaban J connectivity index is 0.000000392. The van der Waals surface area contributed by atoms with Crippen LogP contribution in [0.2, 0.25) is 36.3 Å². The van der Waals surface area contributed by atoms with Gasteiger partial charge in [-0.2, -0.15) is 0 Å². The lowest BCUT2D eigenvalue weighted by atomic mass is 9.97. The summed E-state index contributed by atoms with van der Waals surface area (Å²) in [5.41, 5.74) is 9.22. The molecule has 12 atom stereocenters. The lowest BCUT2D eigenvalue weighted by Crippen LogP contribution is -2.61. The van der Waals surface area contributed by atoms with Crippen LogP contribution >= 0.6 is 69.6 Å². The second kappa shape index (κ2) is 43.8. The number of aromatic nitrogens is 2. The minimum Gasteiger partial charge on any atom is -0.481 e. The number of pyridine rings is 2. The van der Waals surface area contributed by atoms with Crippen molar-refractivity contribution in [2.75, 3.05) is 26.3 Å². The number of alkyl halides is 6. The number of carboxylic acid groups (broad SMARTS) is 1. The molecule has 4 aromatic rings. The van der Waals surface area contributed by atoms with Crippen molar-refractivity contribution < 1.29 is 81.5 Å². The Morgan fingerprint density at radius 2 is 0.879 bits per heavy atom. The van der Waals surface area contributed by atoms with Crippen molar-refractivity contribution in [1.82, 2.24) is 52.1 Å². The zero-order valence-electron chi connectivity index (χ0n) is 70.9. The summed E-state index contributed by atoms with van der Waals surface area (Å²) in [7, 11) is -4.39. The summed E-state index contributed by atoms with van der Waals surface area (Å²) in [6.07, 6.45) is 5.93. The molecule has 648 valence electrons. The predicted octanol–water partition coefficient (Wildman–Crippen LogP) is 14.2. The van der Waals surface area contributed by atoms with Crippen molar-refractivity contribution in [2.45, 2.75) is 267 Å². The molecule has 6 amide bonds. The van der Waals surface area contributed by atoms with E-state index in [1.165, 1.54) is 23.9 Å². The van der Waals surface area contributed by atoms with Gasteiger partial charge in [0.05, 0.1) is 58.7 Å². The molecule has 35 heteroatoms. The number of carboxylic acids is 1. The Bertz CT molecular complexity index is 4090. The number of aliphatic hydroxyl groups excluding tert-OH is 2. The molecule has 6 rings (SSSR count). The number of hydrazine groups is 2. The Kier molecular flexibility index (Phi) is 38.5. The zero-order valence-corrected chi connectivity index (χ0v) is 77.5. The molecule has 2 aromatic heterocycles. The van der Waals surface area contributed by atoms with Crippen LogP contribution in [0.25, 0.3) is 34.0 Å². The number of hydrogen-bond donors (Lipinski definition) is 9. The molecule has 4 heterocycles.